The number of nitrogens with one attached hydrogen (secondary N) is 1. The summed E-state index contributed by atoms with van der Waals surface area (Å²) in [6.07, 6.45) is 6.43. The van der Waals surface area contributed by atoms with Gasteiger partial charge in [-0.05, 0) is 6.92 Å². The molecular formula is C24H29FN8O3. The van der Waals surface area contributed by atoms with Crippen LogP contribution in [0.1, 0.15) is 16.2 Å². The summed E-state index contributed by atoms with van der Waals surface area (Å²) in [7, 11) is 3.44. The van der Waals surface area contributed by atoms with Crippen LogP contribution in [0.15, 0.2) is 30.9 Å². The van der Waals surface area contributed by atoms with Crippen LogP contribution in [0.4, 0.5) is 15.9 Å². The highest BCUT2D eigenvalue weighted by molar-refractivity contribution is 6.02. The number of rotatable bonds is 8. The smallest absolute Gasteiger partial charge is 0.275 e. The molecule has 0 radical (unpaired) electrons. The van der Waals surface area contributed by atoms with E-state index in [4.69, 9.17) is 4.74 Å². The number of aromatic nitrogens is 4. The van der Waals surface area contributed by atoms with Gasteiger partial charge >= 0.3 is 0 Å². The van der Waals surface area contributed by atoms with Crippen LogP contribution in [0, 0.1) is 18.7 Å². The van der Waals surface area contributed by atoms with Gasteiger partial charge in [-0.3, -0.25) is 14.5 Å². The summed E-state index contributed by atoms with van der Waals surface area (Å²) in [4.78, 5) is 42.9. The number of halogens is 1. The van der Waals surface area contributed by atoms with E-state index in [1.807, 2.05) is 0 Å². The Balaban J connectivity index is 1.06. The second kappa shape index (κ2) is 9.78. The SMILES string of the molecule is Cc1cn2cc(NC(=O)c3cnc(N4CC(CN5CC(OCC(=O)N(C)C)C5)C4)cn3)cc(F)c2n1. The first-order valence-corrected chi connectivity index (χ1v) is 11.8. The minimum Gasteiger partial charge on any atom is -0.366 e. The number of ether oxygens (including phenoxy) is 1. The molecule has 5 heterocycles. The predicted octanol–water partition coefficient (Wildman–Crippen LogP) is 1.05. The summed E-state index contributed by atoms with van der Waals surface area (Å²) in [5, 5.41) is 2.66. The Kier molecular flexibility index (Phi) is 6.54. The third-order valence-electron chi connectivity index (χ3n) is 6.42. The standard InChI is InChI=1S/C24H29FN8O3/c1-15-7-33-11-17(4-19(25)23(33)28-15)29-24(35)20-5-27-21(6-26-20)32-9-16(10-32)8-31-12-18(13-31)36-14-22(34)30(2)3/h4-7,11,16,18H,8-10,12-14H2,1-3H3,(H,29,35). The Bertz CT molecular complexity index is 1270. The van der Waals surface area contributed by atoms with Crippen molar-refractivity contribution in [1.29, 1.82) is 0 Å². The highest BCUT2D eigenvalue weighted by Crippen LogP contribution is 2.25. The molecule has 0 aromatic carbocycles. The van der Waals surface area contributed by atoms with Gasteiger partial charge in [-0.2, -0.15) is 0 Å². The zero-order chi connectivity index (χ0) is 25.4. The fourth-order valence-corrected chi connectivity index (χ4v) is 4.38. The summed E-state index contributed by atoms with van der Waals surface area (Å²) < 4.78 is 21.4. The van der Waals surface area contributed by atoms with Crippen molar-refractivity contribution in [3.8, 4) is 0 Å². The number of aryl methyl sites for hydroxylation is 1. The van der Waals surface area contributed by atoms with Gasteiger partial charge in [0.25, 0.3) is 5.91 Å². The van der Waals surface area contributed by atoms with E-state index in [2.05, 4.69) is 30.1 Å². The number of amides is 2. The molecule has 0 bridgehead atoms. The van der Waals surface area contributed by atoms with E-state index in [1.54, 1.807) is 39.6 Å². The van der Waals surface area contributed by atoms with Crippen LogP contribution in [0.25, 0.3) is 5.65 Å². The van der Waals surface area contributed by atoms with Crippen LogP contribution in [0.3, 0.4) is 0 Å². The van der Waals surface area contributed by atoms with Gasteiger partial charge < -0.3 is 24.3 Å². The van der Waals surface area contributed by atoms with Crippen molar-refractivity contribution in [2.75, 3.05) is 63.6 Å². The molecule has 2 aliphatic rings. The van der Waals surface area contributed by atoms with E-state index in [-0.39, 0.29) is 30.0 Å². The minimum atomic E-state index is -0.518. The predicted molar refractivity (Wildman–Crippen MR) is 130 cm³/mol. The minimum absolute atomic E-state index is 0.0207. The highest BCUT2D eigenvalue weighted by Gasteiger charge is 2.35. The molecular weight excluding hydrogens is 467 g/mol. The number of pyridine rings is 1. The van der Waals surface area contributed by atoms with Crippen LogP contribution in [-0.4, -0.2) is 100 Å². The van der Waals surface area contributed by atoms with E-state index >= 15 is 0 Å². The lowest BCUT2D eigenvalue weighted by Crippen LogP contribution is -2.59. The molecule has 3 aromatic rings. The average molecular weight is 497 g/mol. The third kappa shape index (κ3) is 5.14. The summed E-state index contributed by atoms with van der Waals surface area (Å²) >= 11 is 0. The Hall–Kier alpha value is -3.64. The molecule has 0 spiro atoms. The zero-order valence-corrected chi connectivity index (χ0v) is 20.5. The summed E-state index contributed by atoms with van der Waals surface area (Å²) in [6, 6.07) is 1.23. The molecule has 0 aliphatic carbocycles. The largest absolute Gasteiger partial charge is 0.366 e. The maximum Gasteiger partial charge on any atom is 0.275 e. The summed E-state index contributed by atoms with van der Waals surface area (Å²) in [5.74, 6) is 0.239. The summed E-state index contributed by atoms with van der Waals surface area (Å²) in [6.45, 7) is 6.30. The Labute approximate surface area is 207 Å². The zero-order valence-electron chi connectivity index (χ0n) is 20.5. The molecule has 5 rings (SSSR count). The van der Waals surface area contributed by atoms with Crippen molar-refractivity contribution < 1.29 is 18.7 Å². The molecule has 0 saturated carbocycles. The number of hydrogen-bond donors (Lipinski definition) is 1. The molecule has 0 unspecified atom stereocenters. The van der Waals surface area contributed by atoms with Crippen LogP contribution >= 0.6 is 0 Å². The van der Waals surface area contributed by atoms with Gasteiger partial charge in [0, 0.05) is 71.2 Å². The molecule has 2 saturated heterocycles. The topological polar surface area (TPSA) is 108 Å². The molecule has 2 amide bonds. The van der Waals surface area contributed by atoms with Crippen molar-refractivity contribution in [3.05, 3.63) is 48.1 Å². The van der Waals surface area contributed by atoms with E-state index in [1.165, 1.54) is 21.6 Å². The van der Waals surface area contributed by atoms with Gasteiger partial charge in [-0.25, -0.2) is 19.3 Å². The molecule has 1 N–H and O–H groups in total. The maximum atomic E-state index is 14.3. The molecule has 12 heteroatoms. The normalized spacial score (nSPS) is 16.6. The molecule has 2 aliphatic heterocycles. The number of fused-ring (bicyclic) bond motifs is 1. The van der Waals surface area contributed by atoms with Crippen LogP contribution in [0.5, 0.6) is 0 Å². The molecule has 190 valence electrons. The van der Waals surface area contributed by atoms with Gasteiger partial charge in [0.2, 0.25) is 5.91 Å². The molecule has 11 nitrogen and oxygen atoms in total. The van der Waals surface area contributed by atoms with E-state index in [0.29, 0.717) is 17.3 Å². The lowest BCUT2D eigenvalue weighted by Gasteiger charge is -2.46. The molecule has 2 fully saturated rings. The molecule has 36 heavy (non-hydrogen) atoms. The number of nitrogens with zero attached hydrogens (tertiary/aromatic N) is 7. The number of likely N-dealkylation sites (N-methyl/N-ethyl adjacent to an activating group) is 1. The summed E-state index contributed by atoms with van der Waals surface area (Å²) in [5.41, 5.74) is 1.35. The van der Waals surface area contributed by atoms with Gasteiger partial charge in [-0.15, -0.1) is 0 Å². The number of anilines is 2. The van der Waals surface area contributed by atoms with E-state index in [9.17, 15) is 14.0 Å². The second-order valence-electron chi connectivity index (χ2n) is 9.61. The van der Waals surface area contributed by atoms with Crippen LogP contribution in [-0.2, 0) is 9.53 Å². The fraction of sp³-hybridized carbons (Fsp3) is 0.458. The van der Waals surface area contributed by atoms with E-state index in [0.717, 1.165) is 38.5 Å². The monoisotopic (exact) mass is 496 g/mol. The maximum absolute atomic E-state index is 14.3. The Morgan fingerprint density at radius 3 is 2.64 bits per heavy atom. The quantitative estimate of drug-likeness (QED) is 0.493. The Morgan fingerprint density at radius 2 is 1.94 bits per heavy atom. The first-order chi connectivity index (χ1) is 17.2. The first-order valence-electron chi connectivity index (χ1n) is 11.8. The van der Waals surface area contributed by atoms with Gasteiger partial charge in [0.05, 0.1) is 29.9 Å². The van der Waals surface area contributed by atoms with Crippen molar-refractivity contribution in [2.45, 2.75) is 13.0 Å². The van der Waals surface area contributed by atoms with E-state index < -0.39 is 11.7 Å². The van der Waals surface area contributed by atoms with Crippen LogP contribution < -0.4 is 10.2 Å². The van der Waals surface area contributed by atoms with Crippen molar-refractivity contribution in [1.82, 2.24) is 29.2 Å². The number of likely N-dealkylation sites (tertiary alicyclic amines) is 1. The van der Waals surface area contributed by atoms with Gasteiger partial charge in [0.1, 0.15) is 18.1 Å². The first kappa shape index (κ1) is 24.1. The number of imidazole rings is 1. The third-order valence-corrected chi connectivity index (χ3v) is 6.42. The average Bonchev–Trinajstić information content (AvgIpc) is 3.17. The van der Waals surface area contributed by atoms with Crippen molar-refractivity contribution in [3.63, 3.8) is 0 Å². The lowest BCUT2D eigenvalue weighted by atomic mass is 9.97. The van der Waals surface area contributed by atoms with Gasteiger partial charge in [0.15, 0.2) is 11.5 Å². The van der Waals surface area contributed by atoms with Crippen LogP contribution in [0.2, 0.25) is 0 Å². The molecule has 3 aromatic heterocycles. The number of carbonyl (C=O) groups excluding carboxylic acids is 2. The highest BCUT2D eigenvalue weighted by atomic mass is 19.1. The number of hydrogen-bond acceptors (Lipinski definition) is 8. The van der Waals surface area contributed by atoms with Crippen molar-refractivity contribution >= 4 is 29.0 Å². The van der Waals surface area contributed by atoms with Crippen molar-refractivity contribution in [2.24, 2.45) is 5.92 Å². The Morgan fingerprint density at radius 1 is 1.17 bits per heavy atom. The molecule has 0 atom stereocenters. The second-order valence-corrected chi connectivity index (χ2v) is 9.61. The number of carbonyl (C=O) groups is 2. The van der Waals surface area contributed by atoms with Gasteiger partial charge in [-0.1, -0.05) is 0 Å². The lowest BCUT2D eigenvalue weighted by molar-refractivity contribution is -0.140. The fourth-order valence-electron chi connectivity index (χ4n) is 4.38.